The van der Waals surface area contributed by atoms with Crippen LogP contribution in [0.3, 0.4) is 0 Å². The number of fused-ring (bicyclic) bond motifs is 1. The van der Waals surface area contributed by atoms with Gasteiger partial charge in [0.2, 0.25) is 0 Å². The Morgan fingerprint density at radius 1 is 1.14 bits per heavy atom. The highest BCUT2D eigenvalue weighted by atomic mass is 127. The monoisotopic (exact) mass is 510 g/mol. The third kappa shape index (κ3) is 6.86. The van der Waals surface area contributed by atoms with Crippen LogP contribution in [-0.2, 0) is 11.2 Å². The minimum absolute atomic E-state index is 0. The molecule has 0 radical (unpaired) electrons. The van der Waals surface area contributed by atoms with Gasteiger partial charge in [-0.25, -0.2) is 0 Å². The van der Waals surface area contributed by atoms with Crippen molar-refractivity contribution in [1.29, 1.82) is 0 Å². The van der Waals surface area contributed by atoms with Gasteiger partial charge in [0.1, 0.15) is 11.6 Å². The van der Waals surface area contributed by atoms with Crippen LogP contribution in [-0.4, -0.2) is 54.5 Å². The lowest BCUT2D eigenvalue weighted by Crippen LogP contribution is -2.32. The number of pyridine rings is 1. The highest BCUT2D eigenvalue weighted by molar-refractivity contribution is 14.0. The standard InChI is InChI=1S/C20H26N6O2.HI/c1-21-20(22-11-10-19-25-24-18-9-3-4-12-26(18)19)23-16-7-5-8-17(15-16)28-14-6-13-27-2;/h3-5,7-9,12,15H,6,10-11,13-14H2,1-2H3,(H2,21,22,23);1H. The second kappa shape index (κ2) is 12.2. The Labute approximate surface area is 187 Å². The fraction of sp³-hybridized carbons (Fsp3) is 0.350. The molecule has 156 valence electrons. The summed E-state index contributed by atoms with van der Waals surface area (Å²) in [7, 11) is 3.43. The SMILES string of the molecule is CN=C(NCCc1nnc2ccccn12)Nc1cccc(OCCCOC)c1.I. The quantitative estimate of drug-likeness (QED) is 0.199. The Balaban J connectivity index is 0.00000300. The number of guanidine groups is 1. The second-order valence-corrected chi connectivity index (χ2v) is 6.14. The first-order chi connectivity index (χ1) is 13.8. The number of rotatable bonds is 9. The number of aromatic nitrogens is 3. The number of anilines is 1. The number of hydrogen-bond donors (Lipinski definition) is 2. The largest absolute Gasteiger partial charge is 0.493 e. The zero-order valence-electron chi connectivity index (χ0n) is 16.7. The number of nitrogens with zero attached hydrogens (tertiary/aromatic N) is 4. The Kier molecular flexibility index (Phi) is 9.65. The van der Waals surface area contributed by atoms with Crippen LogP contribution in [0, 0.1) is 0 Å². The molecular formula is C20H27IN6O2. The summed E-state index contributed by atoms with van der Waals surface area (Å²) in [5.74, 6) is 2.40. The van der Waals surface area contributed by atoms with Crippen LogP contribution >= 0.6 is 24.0 Å². The minimum Gasteiger partial charge on any atom is -0.493 e. The molecule has 2 heterocycles. The molecule has 0 fully saturated rings. The van der Waals surface area contributed by atoms with Crippen LogP contribution in [0.2, 0.25) is 0 Å². The number of ether oxygens (including phenoxy) is 2. The molecule has 1 aromatic carbocycles. The van der Waals surface area contributed by atoms with E-state index in [1.54, 1.807) is 14.2 Å². The summed E-state index contributed by atoms with van der Waals surface area (Å²) in [6.45, 7) is 2.00. The van der Waals surface area contributed by atoms with Crippen molar-refractivity contribution in [3.05, 3.63) is 54.5 Å². The molecule has 0 bridgehead atoms. The van der Waals surface area contributed by atoms with Gasteiger partial charge in [-0.15, -0.1) is 34.2 Å². The van der Waals surface area contributed by atoms with E-state index in [1.807, 2.05) is 53.1 Å². The van der Waals surface area contributed by atoms with Crippen LogP contribution in [0.4, 0.5) is 5.69 Å². The normalized spacial score (nSPS) is 11.2. The third-order valence-electron chi connectivity index (χ3n) is 4.11. The van der Waals surface area contributed by atoms with E-state index in [4.69, 9.17) is 9.47 Å². The van der Waals surface area contributed by atoms with Gasteiger partial charge in [-0.05, 0) is 24.3 Å². The lowest BCUT2D eigenvalue weighted by atomic mass is 10.3. The first-order valence-corrected chi connectivity index (χ1v) is 9.28. The molecule has 0 unspecified atom stereocenters. The van der Waals surface area contributed by atoms with Crippen LogP contribution in [0.5, 0.6) is 5.75 Å². The van der Waals surface area contributed by atoms with Crippen molar-refractivity contribution in [2.75, 3.05) is 39.2 Å². The van der Waals surface area contributed by atoms with E-state index in [1.165, 1.54) is 0 Å². The van der Waals surface area contributed by atoms with Gasteiger partial charge in [0.05, 0.1) is 6.61 Å². The first kappa shape index (κ1) is 22.9. The van der Waals surface area contributed by atoms with E-state index in [0.717, 1.165) is 35.8 Å². The lowest BCUT2D eigenvalue weighted by molar-refractivity contribution is 0.172. The molecule has 0 aliphatic heterocycles. The highest BCUT2D eigenvalue weighted by Crippen LogP contribution is 2.17. The molecule has 3 rings (SSSR count). The number of benzene rings is 1. The zero-order valence-corrected chi connectivity index (χ0v) is 19.0. The van der Waals surface area contributed by atoms with Crippen molar-refractivity contribution in [2.24, 2.45) is 4.99 Å². The van der Waals surface area contributed by atoms with Crippen molar-refractivity contribution in [2.45, 2.75) is 12.8 Å². The van der Waals surface area contributed by atoms with Gasteiger partial charge in [-0.2, -0.15) is 0 Å². The maximum Gasteiger partial charge on any atom is 0.195 e. The summed E-state index contributed by atoms with van der Waals surface area (Å²) >= 11 is 0. The molecule has 2 N–H and O–H groups in total. The topological polar surface area (TPSA) is 85.1 Å². The van der Waals surface area contributed by atoms with E-state index in [-0.39, 0.29) is 24.0 Å². The van der Waals surface area contributed by atoms with E-state index >= 15 is 0 Å². The van der Waals surface area contributed by atoms with Crippen molar-refractivity contribution in [3.63, 3.8) is 0 Å². The maximum atomic E-state index is 5.74. The van der Waals surface area contributed by atoms with Gasteiger partial charge in [0.25, 0.3) is 0 Å². The summed E-state index contributed by atoms with van der Waals surface area (Å²) < 4.78 is 12.8. The van der Waals surface area contributed by atoms with Crippen molar-refractivity contribution >= 4 is 41.3 Å². The zero-order chi connectivity index (χ0) is 19.6. The summed E-state index contributed by atoms with van der Waals surface area (Å²) in [6, 6.07) is 13.7. The van der Waals surface area contributed by atoms with Crippen molar-refractivity contribution in [3.8, 4) is 5.75 Å². The van der Waals surface area contributed by atoms with E-state index in [2.05, 4.69) is 25.8 Å². The number of aliphatic imine (C=N–C) groups is 1. The predicted octanol–water partition coefficient (Wildman–Crippen LogP) is 2.99. The minimum atomic E-state index is 0. The molecule has 0 aliphatic carbocycles. The lowest BCUT2D eigenvalue weighted by Gasteiger charge is -2.13. The molecule has 0 saturated carbocycles. The van der Waals surface area contributed by atoms with Crippen molar-refractivity contribution in [1.82, 2.24) is 19.9 Å². The number of hydrogen-bond acceptors (Lipinski definition) is 5. The van der Waals surface area contributed by atoms with Gasteiger partial charge >= 0.3 is 0 Å². The summed E-state index contributed by atoms with van der Waals surface area (Å²) in [6.07, 6.45) is 3.55. The Morgan fingerprint density at radius 2 is 2.03 bits per heavy atom. The maximum absolute atomic E-state index is 5.74. The van der Waals surface area contributed by atoms with Crippen LogP contribution in [0.1, 0.15) is 12.2 Å². The van der Waals surface area contributed by atoms with Gasteiger partial charge in [0, 0.05) is 58.1 Å². The fourth-order valence-electron chi connectivity index (χ4n) is 2.73. The van der Waals surface area contributed by atoms with E-state index in [9.17, 15) is 0 Å². The van der Waals surface area contributed by atoms with Gasteiger partial charge < -0.3 is 20.1 Å². The Hall–Kier alpha value is -2.40. The van der Waals surface area contributed by atoms with Crippen LogP contribution in [0.25, 0.3) is 5.65 Å². The number of halogens is 1. The molecule has 0 spiro atoms. The second-order valence-electron chi connectivity index (χ2n) is 6.14. The average Bonchev–Trinajstić information content (AvgIpc) is 3.14. The average molecular weight is 510 g/mol. The van der Waals surface area contributed by atoms with E-state index in [0.29, 0.717) is 25.7 Å². The van der Waals surface area contributed by atoms with Crippen LogP contribution < -0.4 is 15.4 Å². The third-order valence-corrected chi connectivity index (χ3v) is 4.11. The number of methoxy groups -OCH3 is 1. The molecular weight excluding hydrogens is 483 g/mol. The molecule has 0 aliphatic rings. The number of nitrogens with one attached hydrogen (secondary N) is 2. The van der Waals surface area contributed by atoms with Crippen LogP contribution in [0.15, 0.2) is 53.7 Å². The fourth-order valence-corrected chi connectivity index (χ4v) is 2.73. The highest BCUT2D eigenvalue weighted by Gasteiger charge is 2.06. The predicted molar refractivity (Wildman–Crippen MR) is 126 cm³/mol. The first-order valence-electron chi connectivity index (χ1n) is 9.28. The van der Waals surface area contributed by atoms with Gasteiger partial charge in [-0.1, -0.05) is 12.1 Å². The molecule has 3 aromatic rings. The van der Waals surface area contributed by atoms with E-state index < -0.39 is 0 Å². The molecule has 8 nitrogen and oxygen atoms in total. The molecule has 2 aromatic heterocycles. The summed E-state index contributed by atoms with van der Waals surface area (Å²) in [5, 5.41) is 15.0. The van der Waals surface area contributed by atoms with Gasteiger partial charge in [-0.3, -0.25) is 9.39 Å². The summed E-state index contributed by atoms with van der Waals surface area (Å²) in [5.41, 5.74) is 1.76. The smallest absolute Gasteiger partial charge is 0.195 e. The molecule has 0 amide bonds. The molecule has 9 heteroatoms. The Morgan fingerprint density at radius 3 is 2.86 bits per heavy atom. The summed E-state index contributed by atoms with van der Waals surface area (Å²) in [4.78, 5) is 4.27. The molecule has 0 atom stereocenters. The molecule has 0 saturated heterocycles. The Bertz CT molecular complexity index is 915. The van der Waals surface area contributed by atoms with Gasteiger partial charge in [0.15, 0.2) is 11.6 Å². The molecule has 29 heavy (non-hydrogen) atoms. The van der Waals surface area contributed by atoms with Crippen molar-refractivity contribution < 1.29 is 9.47 Å².